The molecule has 0 heterocycles. The van der Waals surface area contributed by atoms with Crippen LogP contribution in [0.4, 0.5) is 13.2 Å². The topological polar surface area (TPSA) is 50.4 Å². The van der Waals surface area contributed by atoms with E-state index in [1.807, 2.05) is 6.92 Å². The predicted octanol–water partition coefficient (Wildman–Crippen LogP) is 3.32. The Labute approximate surface area is 146 Å². The Balaban J connectivity index is 0.00000529. The number of hydrogen-bond donors (Lipinski definition) is 2. The van der Waals surface area contributed by atoms with E-state index < -0.39 is 17.8 Å². The maximum atomic E-state index is 12.8. The SMILES string of the molecule is CCCC(NC(=O)CNCCOC)c1cccc(C(F)(F)F)c1.Cl. The second-order valence-electron chi connectivity index (χ2n) is 5.20. The Kier molecular flexibility index (Phi) is 10.7. The van der Waals surface area contributed by atoms with Crippen LogP contribution in [0.2, 0.25) is 0 Å². The summed E-state index contributed by atoms with van der Waals surface area (Å²) in [4.78, 5) is 11.9. The molecule has 0 aliphatic carbocycles. The van der Waals surface area contributed by atoms with Crippen LogP contribution in [0.1, 0.15) is 36.9 Å². The molecule has 0 saturated heterocycles. The van der Waals surface area contributed by atoms with Crippen LogP contribution in [0.5, 0.6) is 0 Å². The molecule has 4 nitrogen and oxygen atoms in total. The summed E-state index contributed by atoms with van der Waals surface area (Å²) >= 11 is 0. The number of alkyl halides is 3. The Bertz CT molecular complexity index is 498. The van der Waals surface area contributed by atoms with Gasteiger partial charge in [0.25, 0.3) is 0 Å². The molecule has 0 saturated carbocycles. The number of halogens is 4. The third-order valence-electron chi connectivity index (χ3n) is 3.30. The van der Waals surface area contributed by atoms with Crippen molar-refractivity contribution in [1.29, 1.82) is 0 Å². The van der Waals surface area contributed by atoms with Gasteiger partial charge >= 0.3 is 6.18 Å². The number of ether oxygens (including phenoxy) is 1. The molecule has 1 amide bonds. The van der Waals surface area contributed by atoms with Crippen LogP contribution in [-0.4, -0.2) is 32.7 Å². The minimum absolute atomic E-state index is 0. The summed E-state index contributed by atoms with van der Waals surface area (Å²) in [7, 11) is 1.56. The van der Waals surface area contributed by atoms with E-state index in [4.69, 9.17) is 4.74 Å². The molecule has 0 aliphatic heterocycles. The fourth-order valence-corrected chi connectivity index (χ4v) is 2.16. The number of amides is 1. The number of rotatable bonds is 9. The van der Waals surface area contributed by atoms with Crippen molar-refractivity contribution in [3.63, 3.8) is 0 Å². The van der Waals surface area contributed by atoms with E-state index in [2.05, 4.69) is 10.6 Å². The standard InChI is InChI=1S/C16H23F3N2O2.ClH/c1-3-5-14(21-15(22)11-20-8-9-23-2)12-6-4-7-13(10-12)16(17,18)19;/h4,6-7,10,14,20H,3,5,8-9,11H2,1-2H3,(H,21,22);1H. The van der Waals surface area contributed by atoms with Gasteiger partial charge in [0, 0.05) is 13.7 Å². The molecular formula is C16H24ClF3N2O2. The molecule has 0 radical (unpaired) electrons. The molecule has 1 aromatic carbocycles. The molecule has 1 atom stereocenters. The predicted molar refractivity (Wildman–Crippen MR) is 89.2 cm³/mol. The zero-order valence-corrected chi connectivity index (χ0v) is 14.6. The normalized spacial score (nSPS) is 12.4. The molecule has 1 rings (SSSR count). The molecule has 8 heteroatoms. The highest BCUT2D eigenvalue weighted by Crippen LogP contribution is 2.31. The van der Waals surface area contributed by atoms with Gasteiger partial charge in [0.15, 0.2) is 0 Å². The number of carbonyl (C=O) groups excluding carboxylic acids is 1. The summed E-state index contributed by atoms with van der Waals surface area (Å²) in [5.74, 6) is -0.253. The molecule has 2 N–H and O–H groups in total. The molecule has 24 heavy (non-hydrogen) atoms. The molecule has 138 valence electrons. The summed E-state index contributed by atoms with van der Waals surface area (Å²) in [6, 6.07) is 4.66. The van der Waals surface area contributed by atoms with Crippen LogP contribution < -0.4 is 10.6 Å². The molecule has 0 spiro atoms. The van der Waals surface area contributed by atoms with E-state index in [-0.39, 0.29) is 24.9 Å². The minimum Gasteiger partial charge on any atom is -0.383 e. The lowest BCUT2D eigenvalue weighted by Gasteiger charge is -2.20. The summed E-state index contributed by atoms with van der Waals surface area (Å²) < 4.78 is 43.3. The Morgan fingerprint density at radius 2 is 2.04 bits per heavy atom. The molecular weight excluding hydrogens is 345 g/mol. The maximum Gasteiger partial charge on any atom is 0.416 e. The van der Waals surface area contributed by atoms with Gasteiger partial charge in [0.05, 0.1) is 24.8 Å². The largest absolute Gasteiger partial charge is 0.416 e. The zero-order valence-electron chi connectivity index (χ0n) is 13.8. The van der Waals surface area contributed by atoms with Gasteiger partial charge in [-0.1, -0.05) is 25.5 Å². The third kappa shape index (κ3) is 7.99. The van der Waals surface area contributed by atoms with Gasteiger partial charge in [-0.2, -0.15) is 13.2 Å². The number of hydrogen-bond acceptors (Lipinski definition) is 3. The second kappa shape index (κ2) is 11.3. The van der Waals surface area contributed by atoms with E-state index >= 15 is 0 Å². The second-order valence-corrected chi connectivity index (χ2v) is 5.20. The average Bonchev–Trinajstić information content (AvgIpc) is 2.50. The van der Waals surface area contributed by atoms with Crippen LogP contribution in [0.15, 0.2) is 24.3 Å². The third-order valence-corrected chi connectivity index (χ3v) is 3.30. The van der Waals surface area contributed by atoms with Crippen molar-refractivity contribution < 1.29 is 22.7 Å². The quantitative estimate of drug-likeness (QED) is 0.657. The van der Waals surface area contributed by atoms with Gasteiger partial charge in [-0.3, -0.25) is 4.79 Å². The maximum absolute atomic E-state index is 12.8. The Morgan fingerprint density at radius 1 is 1.33 bits per heavy atom. The zero-order chi connectivity index (χ0) is 17.3. The highest BCUT2D eigenvalue weighted by Gasteiger charge is 2.31. The van der Waals surface area contributed by atoms with E-state index in [1.165, 1.54) is 6.07 Å². The smallest absolute Gasteiger partial charge is 0.383 e. The number of benzene rings is 1. The van der Waals surface area contributed by atoms with Crippen molar-refractivity contribution in [2.45, 2.75) is 32.0 Å². The fourth-order valence-electron chi connectivity index (χ4n) is 2.16. The van der Waals surface area contributed by atoms with Gasteiger partial charge in [0.1, 0.15) is 0 Å². The Morgan fingerprint density at radius 3 is 2.62 bits per heavy atom. The van der Waals surface area contributed by atoms with Crippen molar-refractivity contribution in [3.8, 4) is 0 Å². The van der Waals surface area contributed by atoms with Crippen LogP contribution in [0.25, 0.3) is 0 Å². The summed E-state index contributed by atoms with van der Waals surface area (Å²) in [6.45, 7) is 3.04. The minimum atomic E-state index is -4.39. The van der Waals surface area contributed by atoms with Crippen LogP contribution in [0, 0.1) is 0 Å². The number of carbonyl (C=O) groups is 1. The first kappa shape index (κ1) is 22.7. The van der Waals surface area contributed by atoms with Crippen LogP contribution in [-0.2, 0) is 15.7 Å². The lowest BCUT2D eigenvalue weighted by atomic mass is 10.00. The van der Waals surface area contributed by atoms with E-state index in [0.29, 0.717) is 25.1 Å². The monoisotopic (exact) mass is 368 g/mol. The molecule has 1 unspecified atom stereocenters. The first-order valence-corrected chi connectivity index (χ1v) is 7.54. The average molecular weight is 369 g/mol. The molecule has 0 bridgehead atoms. The highest BCUT2D eigenvalue weighted by molar-refractivity contribution is 5.85. The van der Waals surface area contributed by atoms with Crippen LogP contribution >= 0.6 is 12.4 Å². The summed E-state index contributed by atoms with van der Waals surface area (Å²) in [5.41, 5.74) is -0.240. The molecule has 0 fully saturated rings. The van der Waals surface area contributed by atoms with Gasteiger partial charge in [-0.15, -0.1) is 12.4 Å². The Hall–Kier alpha value is -1.31. The fraction of sp³-hybridized carbons (Fsp3) is 0.562. The summed E-state index contributed by atoms with van der Waals surface area (Å²) in [6.07, 6.45) is -3.07. The van der Waals surface area contributed by atoms with Crippen molar-refractivity contribution in [2.24, 2.45) is 0 Å². The van der Waals surface area contributed by atoms with E-state index in [0.717, 1.165) is 18.6 Å². The lowest BCUT2D eigenvalue weighted by Crippen LogP contribution is -2.37. The van der Waals surface area contributed by atoms with Gasteiger partial charge in [0.2, 0.25) is 5.91 Å². The first-order valence-electron chi connectivity index (χ1n) is 7.54. The molecule has 1 aromatic rings. The van der Waals surface area contributed by atoms with Gasteiger partial charge in [-0.05, 0) is 24.1 Å². The number of nitrogens with one attached hydrogen (secondary N) is 2. The number of methoxy groups -OCH3 is 1. The van der Waals surface area contributed by atoms with Crippen molar-refractivity contribution in [2.75, 3.05) is 26.8 Å². The highest BCUT2D eigenvalue weighted by atomic mass is 35.5. The molecule has 0 aliphatic rings. The van der Waals surface area contributed by atoms with Gasteiger partial charge in [-0.25, -0.2) is 0 Å². The van der Waals surface area contributed by atoms with Crippen molar-refractivity contribution in [1.82, 2.24) is 10.6 Å². The van der Waals surface area contributed by atoms with Crippen molar-refractivity contribution in [3.05, 3.63) is 35.4 Å². The van der Waals surface area contributed by atoms with Crippen molar-refractivity contribution >= 4 is 18.3 Å². The molecule has 0 aromatic heterocycles. The summed E-state index contributed by atoms with van der Waals surface area (Å²) in [5, 5.41) is 5.68. The lowest BCUT2D eigenvalue weighted by molar-refractivity contribution is -0.137. The van der Waals surface area contributed by atoms with E-state index in [1.54, 1.807) is 13.2 Å². The van der Waals surface area contributed by atoms with Gasteiger partial charge < -0.3 is 15.4 Å². The van der Waals surface area contributed by atoms with E-state index in [9.17, 15) is 18.0 Å². The first-order chi connectivity index (χ1) is 10.9. The van der Waals surface area contributed by atoms with Crippen LogP contribution in [0.3, 0.4) is 0 Å².